The highest BCUT2D eigenvalue weighted by molar-refractivity contribution is 7.13. The summed E-state index contributed by atoms with van der Waals surface area (Å²) < 4.78 is 1.83. The molecule has 0 saturated carbocycles. The van der Waals surface area contributed by atoms with Crippen LogP contribution in [-0.4, -0.2) is 15.7 Å². The molecule has 5 nitrogen and oxygen atoms in total. The summed E-state index contributed by atoms with van der Waals surface area (Å²) in [5, 5.41) is 19.1. The Kier molecular flexibility index (Phi) is 5.83. The van der Waals surface area contributed by atoms with Crippen molar-refractivity contribution in [1.29, 1.82) is 5.26 Å². The highest BCUT2D eigenvalue weighted by Crippen LogP contribution is 2.28. The lowest BCUT2D eigenvalue weighted by Gasteiger charge is -2.03. The van der Waals surface area contributed by atoms with Crippen LogP contribution in [0.3, 0.4) is 0 Å². The number of thiophene rings is 1. The van der Waals surface area contributed by atoms with Gasteiger partial charge in [0.1, 0.15) is 17.3 Å². The first-order valence-corrected chi connectivity index (χ1v) is 10.2. The minimum atomic E-state index is -0.448. The summed E-state index contributed by atoms with van der Waals surface area (Å²) in [5.41, 5.74) is 3.27. The van der Waals surface area contributed by atoms with Crippen molar-refractivity contribution in [2.75, 3.05) is 5.32 Å². The highest BCUT2D eigenvalue weighted by atomic mass is 32.1. The first kappa shape index (κ1) is 19.4. The second-order valence-corrected chi connectivity index (χ2v) is 7.53. The van der Waals surface area contributed by atoms with Crippen molar-refractivity contribution >= 4 is 29.0 Å². The van der Waals surface area contributed by atoms with Crippen molar-refractivity contribution in [3.05, 3.63) is 101 Å². The molecule has 1 N–H and O–H groups in total. The monoisotopic (exact) mass is 410 g/mol. The Bertz CT molecular complexity index is 1200. The van der Waals surface area contributed by atoms with Crippen molar-refractivity contribution in [3.8, 4) is 16.6 Å². The van der Waals surface area contributed by atoms with Crippen molar-refractivity contribution in [1.82, 2.24) is 9.78 Å². The summed E-state index contributed by atoms with van der Waals surface area (Å²) in [7, 11) is 0. The van der Waals surface area contributed by atoms with Crippen LogP contribution in [0, 0.1) is 11.3 Å². The quantitative estimate of drug-likeness (QED) is 0.351. The molecule has 0 spiro atoms. The van der Waals surface area contributed by atoms with E-state index in [0.29, 0.717) is 12.2 Å². The van der Waals surface area contributed by atoms with Crippen LogP contribution in [-0.2, 0) is 11.3 Å². The first-order chi connectivity index (χ1) is 14.7. The van der Waals surface area contributed by atoms with Gasteiger partial charge in [0.15, 0.2) is 0 Å². The predicted molar refractivity (Wildman–Crippen MR) is 120 cm³/mol. The van der Waals surface area contributed by atoms with Crippen molar-refractivity contribution < 1.29 is 4.79 Å². The Hall–Kier alpha value is -3.95. The van der Waals surface area contributed by atoms with Crippen LogP contribution in [0.4, 0.5) is 5.69 Å². The molecule has 2 heterocycles. The molecule has 4 rings (SSSR count). The number of anilines is 1. The van der Waals surface area contributed by atoms with Crippen LogP contribution in [0.1, 0.15) is 11.1 Å². The number of carbonyl (C=O) groups excluding carboxylic acids is 1. The van der Waals surface area contributed by atoms with E-state index in [4.69, 9.17) is 5.10 Å². The van der Waals surface area contributed by atoms with Crippen LogP contribution in [0.5, 0.6) is 0 Å². The highest BCUT2D eigenvalue weighted by Gasteiger charge is 2.15. The minimum absolute atomic E-state index is 0.0240. The molecule has 0 radical (unpaired) electrons. The van der Waals surface area contributed by atoms with Crippen LogP contribution >= 0.6 is 11.3 Å². The van der Waals surface area contributed by atoms with E-state index >= 15 is 0 Å². The zero-order valence-corrected chi connectivity index (χ0v) is 16.8. The Labute approximate surface area is 178 Å². The molecule has 2 aromatic carbocycles. The van der Waals surface area contributed by atoms with Gasteiger partial charge in [-0.25, -0.2) is 0 Å². The van der Waals surface area contributed by atoms with Gasteiger partial charge in [-0.1, -0.05) is 54.6 Å². The number of hydrogen-bond acceptors (Lipinski definition) is 4. The van der Waals surface area contributed by atoms with Crippen molar-refractivity contribution in [2.45, 2.75) is 6.54 Å². The fraction of sp³-hybridized carbons (Fsp3) is 0.0417. The summed E-state index contributed by atoms with van der Waals surface area (Å²) in [6.07, 6.45) is 3.47. The van der Waals surface area contributed by atoms with Crippen LogP contribution in [0.25, 0.3) is 16.6 Å². The van der Waals surface area contributed by atoms with Gasteiger partial charge in [0.2, 0.25) is 0 Å². The molecule has 0 fully saturated rings. The molecule has 0 aliphatic rings. The maximum atomic E-state index is 12.6. The van der Waals surface area contributed by atoms with Gasteiger partial charge >= 0.3 is 0 Å². The van der Waals surface area contributed by atoms with Gasteiger partial charge < -0.3 is 5.32 Å². The zero-order chi connectivity index (χ0) is 20.8. The topological polar surface area (TPSA) is 70.7 Å². The molecular weight excluding hydrogens is 392 g/mol. The Morgan fingerprint density at radius 1 is 1.07 bits per heavy atom. The summed E-state index contributed by atoms with van der Waals surface area (Å²) in [6.45, 7) is 0.602. The lowest BCUT2D eigenvalue weighted by molar-refractivity contribution is -0.112. The van der Waals surface area contributed by atoms with Gasteiger partial charge in [-0.05, 0) is 35.2 Å². The van der Waals surface area contributed by atoms with E-state index in [-0.39, 0.29) is 5.57 Å². The summed E-state index contributed by atoms with van der Waals surface area (Å²) in [4.78, 5) is 13.6. The number of carbonyl (C=O) groups is 1. The number of benzene rings is 2. The van der Waals surface area contributed by atoms with E-state index in [9.17, 15) is 10.1 Å². The molecule has 0 atom stereocenters. The molecule has 0 bridgehead atoms. The molecule has 0 saturated heterocycles. The lowest BCUT2D eigenvalue weighted by atomic mass is 10.1. The molecule has 6 heteroatoms. The summed E-state index contributed by atoms with van der Waals surface area (Å²) in [6, 6.07) is 25.1. The summed E-state index contributed by atoms with van der Waals surface area (Å²) >= 11 is 1.57. The minimum Gasteiger partial charge on any atom is -0.321 e. The molecule has 30 heavy (non-hydrogen) atoms. The van der Waals surface area contributed by atoms with E-state index in [1.54, 1.807) is 29.5 Å². The smallest absolute Gasteiger partial charge is 0.266 e. The first-order valence-electron chi connectivity index (χ1n) is 9.36. The third-order valence-corrected chi connectivity index (χ3v) is 5.31. The predicted octanol–water partition coefficient (Wildman–Crippen LogP) is 5.21. The Balaban J connectivity index is 1.67. The SMILES string of the molecule is N#C/C(=C\c1cn(Cc2ccccc2)nc1-c1cccs1)C(=O)Nc1ccccc1. The Morgan fingerprint density at radius 2 is 1.80 bits per heavy atom. The van der Waals surface area contributed by atoms with E-state index in [0.717, 1.165) is 21.7 Å². The third kappa shape index (κ3) is 4.54. The number of aromatic nitrogens is 2. The maximum absolute atomic E-state index is 12.6. The molecule has 0 aliphatic heterocycles. The van der Waals surface area contributed by atoms with E-state index in [1.165, 1.54) is 0 Å². The third-order valence-electron chi connectivity index (χ3n) is 4.43. The standard InChI is InChI=1S/C24H18N4OS/c25-15-19(24(29)26-21-10-5-2-6-11-21)14-20-17-28(16-18-8-3-1-4-9-18)27-23(20)22-12-7-13-30-22/h1-14,17H,16H2,(H,26,29)/b19-14+. The number of hydrogen-bond donors (Lipinski definition) is 1. The number of nitriles is 1. The van der Waals surface area contributed by atoms with Crippen LogP contribution in [0.15, 0.2) is 89.9 Å². The van der Waals surface area contributed by atoms with E-state index in [1.807, 2.05) is 83.0 Å². The molecule has 146 valence electrons. The fourth-order valence-corrected chi connectivity index (χ4v) is 3.75. The maximum Gasteiger partial charge on any atom is 0.266 e. The van der Waals surface area contributed by atoms with Crippen molar-refractivity contribution in [3.63, 3.8) is 0 Å². The second kappa shape index (κ2) is 9.03. The average molecular weight is 411 g/mol. The molecule has 2 aromatic heterocycles. The number of rotatable bonds is 6. The number of para-hydroxylation sites is 1. The largest absolute Gasteiger partial charge is 0.321 e. The van der Waals surface area contributed by atoms with Crippen LogP contribution in [0.2, 0.25) is 0 Å². The van der Waals surface area contributed by atoms with Gasteiger partial charge in [0.25, 0.3) is 5.91 Å². The molecular formula is C24H18N4OS. The van der Waals surface area contributed by atoms with Gasteiger partial charge in [-0.3, -0.25) is 9.48 Å². The van der Waals surface area contributed by atoms with E-state index in [2.05, 4.69) is 5.32 Å². The molecule has 0 aliphatic carbocycles. The van der Waals surface area contributed by atoms with Gasteiger partial charge in [-0.2, -0.15) is 10.4 Å². The number of nitrogens with one attached hydrogen (secondary N) is 1. The second-order valence-electron chi connectivity index (χ2n) is 6.58. The fourth-order valence-electron chi connectivity index (χ4n) is 3.02. The van der Waals surface area contributed by atoms with Gasteiger partial charge in [0, 0.05) is 17.4 Å². The zero-order valence-electron chi connectivity index (χ0n) is 16.0. The van der Waals surface area contributed by atoms with Crippen LogP contribution < -0.4 is 5.32 Å². The van der Waals surface area contributed by atoms with Gasteiger partial charge in [0.05, 0.1) is 11.4 Å². The number of amides is 1. The van der Waals surface area contributed by atoms with E-state index < -0.39 is 5.91 Å². The van der Waals surface area contributed by atoms with Crippen molar-refractivity contribution in [2.24, 2.45) is 0 Å². The molecule has 4 aromatic rings. The summed E-state index contributed by atoms with van der Waals surface area (Å²) in [5.74, 6) is -0.448. The normalized spacial score (nSPS) is 11.1. The van der Waals surface area contributed by atoms with Gasteiger partial charge in [-0.15, -0.1) is 11.3 Å². The number of nitrogens with zero attached hydrogens (tertiary/aromatic N) is 3. The average Bonchev–Trinajstić information content (AvgIpc) is 3.43. The molecule has 0 unspecified atom stereocenters. The lowest BCUT2D eigenvalue weighted by Crippen LogP contribution is -2.13. The Morgan fingerprint density at radius 3 is 2.47 bits per heavy atom. The molecule has 1 amide bonds.